The number of carbonyl (C=O) groups excluding carboxylic acids is 1. The van der Waals surface area contributed by atoms with Gasteiger partial charge >= 0.3 is 0 Å². The fourth-order valence-electron chi connectivity index (χ4n) is 2.64. The number of aliphatic hydroxyl groups excluding tert-OH is 1. The number of rotatable bonds is 8. The Hall–Kier alpha value is -0.950. The summed E-state index contributed by atoms with van der Waals surface area (Å²) < 4.78 is 0. The number of aliphatic hydroxyl groups is 1. The topological polar surface area (TPSA) is 55.8 Å². The van der Waals surface area contributed by atoms with E-state index >= 15 is 0 Å². The molecule has 0 unspecified atom stereocenters. The molecule has 1 aliphatic heterocycles. The second kappa shape index (κ2) is 9.25. The van der Waals surface area contributed by atoms with Crippen LogP contribution in [0.1, 0.15) is 33.8 Å². The summed E-state index contributed by atoms with van der Waals surface area (Å²) in [5, 5.41) is 11.9. The highest BCUT2D eigenvalue weighted by Crippen LogP contribution is 2.18. The first-order chi connectivity index (χ1) is 10.7. The Labute approximate surface area is 136 Å². The van der Waals surface area contributed by atoms with Crippen molar-refractivity contribution in [3.63, 3.8) is 0 Å². The van der Waals surface area contributed by atoms with Crippen LogP contribution in [-0.4, -0.2) is 67.2 Å². The highest BCUT2D eigenvalue weighted by molar-refractivity contribution is 7.14. The number of piperidine rings is 1. The Bertz CT molecular complexity index is 458. The molecule has 1 aliphatic rings. The van der Waals surface area contributed by atoms with Gasteiger partial charge in [0.2, 0.25) is 0 Å². The summed E-state index contributed by atoms with van der Waals surface area (Å²) in [5.74, 6) is 0.107. The van der Waals surface area contributed by atoms with Crippen LogP contribution in [0.4, 0.5) is 0 Å². The minimum atomic E-state index is 0.107. The van der Waals surface area contributed by atoms with Crippen molar-refractivity contribution in [2.45, 2.75) is 25.8 Å². The second-order valence-corrected chi connectivity index (χ2v) is 6.96. The second-order valence-electron chi connectivity index (χ2n) is 5.80. The summed E-state index contributed by atoms with van der Waals surface area (Å²) in [5.41, 5.74) is 0. The molecule has 0 radical (unpaired) electrons. The Morgan fingerprint density at radius 3 is 2.86 bits per heavy atom. The molecule has 0 aromatic carbocycles. The standard InChI is InChI=1S/C16H27N3O2S/c1-18(10-11-19-8-3-2-4-9-19)16(21)15-6-5-14(22-15)13-17-7-12-20/h5-6,17,20H,2-4,7-13H2,1H3. The predicted molar refractivity (Wildman–Crippen MR) is 90.4 cm³/mol. The molecular formula is C16H27N3O2S. The zero-order valence-electron chi connectivity index (χ0n) is 13.4. The number of likely N-dealkylation sites (N-methyl/N-ethyl adjacent to an activating group) is 1. The Kier molecular flexibility index (Phi) is 7.32. The van der Waals surface area contributed by atoms with E-state index in [0.717, 1.165) is 22.8 Å². The zero-order valence-corrected chi connectivity index (χ0v) is 14.2. The van der Waals surface area contributed by atoms with Crippen LogP contribution in [0.2, 0.25) is 0 Å². The van der Waals surface area contributed by atoms with Crippen molar-refractivity contribution in [2.24, 2.45) is 0 Å². The molecule has 6 heteroatoms. The van der Waals surface area contributed by atoms with Gasteiger partial charge < -0.3 is 20.2 Å². The van der Waals surface area contributed by atoms with E-state index in [-0.39, 0.29) is 12.5 Å². The van der Waals surface area contributed by atoms with Crippen LogP contribution in [0.25, 0.3) is 0 Å². The SMILES string of the molecule is CN(CCN1CCCCC1)C(=O)c1ccc(CNCCO)s1. The summed E-state index contributed by atoms with van der Waals surface area (Å²) in [4.78, 5) is 18.6. The van der Waals surface area contributed by atoms with Gasteiger partial charge in [-0.25, -0.2) is 0 Å². The highest BCUT2D eigenvalue weighted by atomic mass is 32.1. The van der Waals surface area contributed by atoms with Crippen molar-refractivity contribution < 1.29 is 9.90 Å². The van der Waals surface area contributed by atoms with Crippen molar-refractivity contribution in [3.05, 3.63) is 21.9 Å². The smallest absolute Gasteiger partial charge is 0.263 e. The third-order valence-corrected chi connectivity index (χ3v) is 5.08. The maximum absolute atomic E-state index is 12.4. The number of nitrogens with one attached hydrogen (secondary N) is 1. The van der Waals surface area contributed by atoms with E-state index in [0.29, 0.717) is 13.1 Å². The number of thiophene rings is 1. The molecule has 1 aromatic rings. The van der Waals surface area contributed by atoms with Crippen molar-refractivity contribution >= 4 is 17.2 Å². The van der Waals surface area contributed by atoms with E-state index in [1.54, 1.807) is 0 Å². The molecule has 22 heavy (non-hydrogen) atoms. The molecule has 1 saturated heterocycles. The normalized spacial score (nSPS) is 15.9. The molecule has 0 spiro atoms. The minimum Gasteiger partial charge on any atom is -0.395 e. The van der Waals surface area contributed by atoms with Gasteiger partial charge in [-0.05, 0) is 38.1 Å². The summed E-state index contributed by atoms with van der Waals surface area (Å²) in [6, 6.07) is 3.89. The maximum atomic E-state index is 12.4. The molecule has 0 saturated carbocycles. The molecule has 124 valence electrons. The van der Waals surface area contributed by atoms with Crippen LogP contribution in [0, 0.1) is 0 Å². The first kappa shape index (κ1) is 17.4. The van der Waals surface area contributed by atoms with E-state index in [9.17, 15) is 4.79 Å². The van der Waals surface area contributed by atoms with Crippen LogP contribution >= 0.6 is 11.3 Å². The molecule has 0 atom stereocenters. The Morgan fingerprint density at radius 1 is 1.36 bits per heavy atom. The number of nitrogens with zero attached hydrogens (tertiary/aromatic N) is 2. The van der Waals surface area contributed by atoms with E-state index in [4.69, 9.17) is 5.11 Å². The summed E-state index contributed by atoms with van der Waals surface area (Å²) in [6.07, 6.45) is 3.91. The Balaban J connectivity index is 1.77. The maximum Gasteiger partial charge on any atom is 0.263 e. The van der Waals surface area contributed by atoms with Gasteiger partial charge in [0.15, 0.2) is 0 Å². The van der Waals surface area contributed by atoms with Crippen molar-refractivity contribution in [2.75, 3.05) is 46.4 Å². The molecule has 5 nitrogen and oxygen atoms in total. The van der Waals surface area contributed by atoms with Gasteiger partial charge in [0.05, 0.1) is 11.5 Å². The van der Waals surface area contributed by atoms with E-state index in [1.165, 1.54) is 43.7 Å². The lowest BCUT2D eigenvalue weighted by Crippen LogP contribution is -2.38. The fraction of sp³-hybridized carbons (Fsp3) is 0.688. The van der Waals surface area contributed by atoms with Gasteiger partial charge in [-0.2, -0.15) is 0 Å². The molecule has 2 N–H and O–H groups in total. The minimum absolute atomic E-state index is 0.107. The lowest BCUT2D eigenvalue weighted by atomic mass is 10.1. The molecule has 1 fully saturated rings. The van der Waals surface area contributed by atoms with Gasteiger partial charge in [0.1, 0.15) is 0 Å². The molecular weight excluding hydrogens is 298 g/mol. The van der Waals surface area contributed by atoms with Gasteiger partial charge in [-0.1, -0.05) is 6.42 Å². The highest BCUT2D eigenvalue weighted by Gasteiger charge is 2.16. The number of hydrogen-bond acceptors (Lipinski definition) is 5. The van der Waals surface area contributed by atoms with Gasteiger partial charge in [0.25, 0.3) is 5.91 Å². The summed E-state index contributed by atoms with van der Waals surface area (Å²) >= 11 is 1.53. The van der Waals surface area contributed by atoms with Crippen molar-refractivity contribution in [3.8, 4) is 0 Å². The van der Waals surface area contributed by atoms with E-state index in [2.05, 4.69) is 10.2 Å². The summed E-state index contributed by atoms with van der Waals surface area (Å²) in [7, 11) is 1.88. The number of likely N-dealkylation sites (tertiary alicyclic amines) is 1. The van der Waals surface area contributed by atoms with Crippen LogP contribution < -0.4 is 5.32 Å². The van der Waals surface area contributed by atoms with Gasteiger partial charge in [-0.15, -0.1) is 11.3 Å². The average molecular weight is 325 g/mol. The Morgan fingerprint density at radius 2 is 2.14 bits per heavy atom. The lowest BCUT2D eigenvalue weighted by Gasteiger charge is -2.28. The van der Waals surface area contributed by atoms with Crippen LogP contribution in [0.15, 0.2) is 12.1 Å². The number of amides is 1. The molecule has 1 aromatic heterocycles. The summed E-state index contributed by atoms with van der Waals surface area (Å²) in [6.45, 7) is 5.51. The zero-order chi connectivity index (χ0) is 15.8. The molecule has 0 bridgehead atoms. The van der Waals surface area contributed by atoms with Gasteiger partial charge in [-0.3, -0.25) is 4.79 Å². The number of hydrogen-bond donors (Lipinski definition) is 2. The van der Waals surface area contributed by atoms with Crippen LogP contribution in [0.3, 0.4) is 0 Å². The fourth-order valence-corrected chi connectivity index (χ4v) is 3.61. The van der Waals surface area contributed by atoms with E-state index in [1.807, 2.05) is 24.1 Å². The van der Waals surface area contributed by atoms with Crippen molar-refractivity contribution in [1.82, 2.24) is 15.1 Å². The van der Waals surface area contributed by atoms with E-state index < -0.39 is 0 Å². The average Bonchev–Trinajstić information content (AvgIpc) is 3.02. The molecule has 1 amide bonds. The lowest BCUT2D eigenvalue weighted by molar-refractivity contribution is 0.0777. The molecule has 2 heterocycles. The largest absolute Gasteiger partial charge is 0.395 e. The van der Waals surface area contributed by atoms with Gasteiger partial charge in [0, 0.05) is 38.1 Å². The monoisotopic (exact) mass is 325 g/mol. The number of carbonyl (C=O) groups is 1. The first-order valence-corrected chi connectivity index (χ1v) is 8.90. The first-order valence-electron chi connectivity index (χ1n) is 8.09. The van der Waals surface area contributed by atoms with Crippen LogP contribution in [-0.2, 0) is 6.54 Å². The quantitative estimate of drug-likeness (QED) is 0.709. The molecule has 0 aliphatic carbocycles. The molecule has 2 rings (SSSR count). The van der Waals surface area contributed by atoms with Crippen molar-refractivity contribution in [1.29, 1.82) is 0 Å². The van der Waals surface area contributed by atoms with Crippen LogP contribution in [0.5, 0.6) is 0 Å². The third kappa shape index (κ3) is 5.35. The predicted octanol–water partition coefficient (Wildman–Crippen LogP) is 1.39. The third-order valence-electron chi connectivity index (χ3n) is 4.01.